The molecule has 0 bridgehead atoms. The third-order valence-electron chi connectivity index (χ3n) is 3.02. The van der Waals surface area contributed by atoms with Gasteiger partial charge < -0.3 is 11.1 Å². The second-order valence-corrected chi connectivity index (χ2v) is 4.50. The van der Waals surface area contributed by atoms with Gasteiger partial charge in [-0.25, -0.2) is 4.98 Å². The van der Waals surface area contributed by atoms with E-state index in [9.17, 15) is 9.18 Å². The number of nitrogens with two attached hydrogens (primary N) is 1. The van der Waals surface area contributed by atoms with Gasteiger partial charge in [0.05, 0.1) is 23.3 Å². The van der Waals surface area contributed by atoms with Crippen LogP contribution in [0.4, 0.5) is 15.8 Å². The summed E-state index contributed by atoms with van der Waals surface area (Å²) in [7, 11) is 0. The third-order valence-corrected chi connectivity index (χ3v) is 3.02. The van der Waals surface area contributed by atoms with E-state index in [-0.39, 0.29) is 5.69 Å². The average Bonchev–Trinajstić information content (AvgIpc) is 3.15. The topological polar surface area (TPSA) is 96.7 Å². The largest absolute Gasteiger partial charge is 0.395 e. The van der Waals surface area contributed by atoms with Crippen LogP contribution >= 0.6 is 0 Å². The fourth-order valence-corrected chi connectivity index (χ4v) is 1.86. The number of hydrogen-bond donors (Lipinski definition) is 3. The Labute approximate surface area is 108 Å². The highest BCUT2D eigenvalue weighted by atomic mass is 19.1. The van der Waals surface area contributed by atoms with E-state index >= 15 is 0 Å². The Morgan fingerprint density at radius 3 is 2.89 bits per heavy atom. The summed E-state index contributed by atoms with van der Waals surface area (Å²) in [5.74, 6) is -0.649. The molecule has 2 aromatic rings. The number of anilines is 2. The Hall–Kier alpha value is -2.44. The fourth-order valence-electron chi connectivity index (χ4n) is 1.86. The zero-order valence-electron chi connectivity index (χ0n) is 9.98. The molecule has 0 unspecified atom stereocenters. The number of carbonyl (C=O) groups excluding carboxylic acids is 1. The van der Waals surface area contributed by atoms with Gasteiger partial charge in [0.15, 0.2) is 5.69 Å². The Kier molecular flexibility index (Phi) is 2.66. The number of nitrogens with one attached hydrogen (secondary N) is 2. The lowest BCUT2D eigenvalue weighted by molar-refractivity contribution is 0.102. The molecule has 0 atom stereocenters. The van der Waals surface area contributed by atoms with Crippen molar-refractivity contribution in [1.82, 2.24) is 15.2 Å². The second-order valence-electron chi connectivity index (χ2n) is 4.50. The van der Waals surface area contributed by atoms with Crippen LogP contribution in [0.1, 0.15) is 34.9 Å². The molecule has 0 saturated heterocycles. The first-order chi connectivity index (χ1) is 9.15. The lowest BCUT2D eigenvalue weighted by atomic mass is 10.2. The van der Waals surface area contributed by atoms with Gasteiger partial charge in [0.1, 0.15) is 0 Å². The van der Waals surface area contributed by atoms with Crippen molar-refractivity contribution < 1.29 is 9.18 Å². The van der Waals surface area contributed by atoms with E-state index in [2.05, 4.69) is 20.5 Å². The maximum atomic E-state index is 12.6. The number of H-pyrrole nitrogens is 1. The molecule has 0 radical (unpaired) electrons. The summed E-state index contributed by atoms with van der Waals surface area (Å²) in [6.07, 6.45) is 3.36. The van der Waals surface area contributed by atoms with E-state index in [4.69, 9.17) is 5.73 Å². The summed E-state index contributed by atoms with van der Waals surface area (Å²) in [5, 5.41) is 9.30. The average molecular weight is 261 g/mol. The maximum absolute atomic E-state index is 12.6. The van der Waals surface area contributed by atoms with Crippen LogP contribution in [-0.2, 0) is 0 Å². The predicted molar refractivity (Wildman–Crippen MR) is 67.1 cm³/mol. The predicted octanol–water partition coefficient (Wildman–Crippen LogP) is 1.66. The van der Waals surface area contributed by atoms with Crippen molar-refractivity contribution in [2.24, 2.45) is 0 Å². The lowest BCUT2D eigenvalue weighted by Gasteiger charge is -2.03. The van der Waals surface area contributed by atoms with Gasteiger partial charge in [0.25, 0.3) is 5.91 Å². The monoisotopic (exact) mass is 261 g/mol. The van der Waals surface area contributed by atoms with Gasteiger partial charge in [-0.2, -0.15) is 9.49 Å². The first-order valence-electron chi connectivity index (χ1n) is 5.92. The van der Waals surface area contributed by atoms with E-state index < -0.39 is 11.9 Å². The Bertz CT molecular complexity index is 618. The highest BCUT2D eigenvalue weighted by Gasteiger charge is 2.30. The molecule has 1 saturated carbocycles. The van der Waals surface area contributed by atoms with Crippen molar-refractivity contribution >= 4 is 17.3 Å². The van der Waals surface area contributed by atoms with Crippen LogP contribution in [0.5, 0.6) is 0 Å². The molecule has 0 spiro atoms. The quantitative estimate of drug-likeness (QED) is 0.732. The molecule has 4 N–H and O–H groups in total. The van der Waals surface area contributed by atoms with Crippen molar-refractivity contribution in [3.8, 4) is 0 Å². The Balaban J connectivity index is 1.78. The summed E-state index contributed by atoms with van der Waals surface area (Å²) < 4.78 is 12.6. The van der Waals surface area contributed by atoms with Gasteiger partial charge in [-0.3, -0.25) is 9.89 Å². The van der Waals surface area contributed by atoms with Gasteiger partial charge in [0.2, 0.25) is 5.95 Å². The molecular weight excluding hydrogens is 249 g/mol. The number of halogens is 1. The van der Waals surface area contributed by atoms with E-state index in [1.54, 1.807) is 0 Å². The number of hydrogen-bond acceptors (Lipinski definition) is 4. The van der Waals surface area contributed by atoms with Gasteiger partial charge >= 0.3 is 0 Å². The summed E-state index contributed by atoms with van der Waals surface area (Å²) in [6, 6.07) is 2.59. The molecule has 2 heterocycles. The van der Waals surface area contributed by atoms with Crippen LogP contribution in [-0.4, -0.2) is 21.1 Å². The molecule has 7 heteroatoms. The third kappa shape index (κ3) is 2.26. The minimum absolute atomic E-state index is 0.159. The van der Waals surface area contributed by atoms with E-state index in [0.29, 0.717) is 17.3 Å². The number of amides is 1. The number of aromatic amines is 1. The van der Waals surface area contributed by atoms with Crippen molar-refractivity contribution in [1.29, 1.82) is 0 Å². The van der Waals surface area contributed by atoms with Gasteiger partial charge in [0, 0.05) is 5.92 Å². The SMILES string of the molecule is Nc1c(C(=O)Nc2ccc(F)nc2)n[nH]c1C1CC1. The molecule has 0 aromatic carbocycles. The number of rotatable bonds is 3. The minimum atomic E-state index is -0.603. The molecule has 98 valence electrons. The minimum Gasteiger partial charge on any atom is -0.395 e. The van der Waals surface area contributed by atoms with E-state index in [1.165, 1.54) is 18.3 Å². The Morgan fingerprint density at radius 2 is 2.26 bits per heavy atom. The van der Waals surface area contributed by atoms with E-state index in [0.717, 1.165) is 18.5 Å². The highest BCUT2D eigenvalue weighted by Crippen LogP contribution is 2.42. The molecule has 1 aliphatic rings. The van der Waals surface area contributed by atoms with Crippen LogP contribution < -0.4 is 11.1 Å². The van der Waals surface area contributed by atoms with Crippen molar-refractivity contribution in [2.75, 3.05) is 11.1 Å². The van der Waals surface area contributed by atoms with Gasteiger partial charge in [-0.1, -0.05) is 0 Å². The Morgan fingerprint density at radius 1 is 1.47 bits per heavy atom. The first kappa shape index (κ1) is 11.6. The molecule has 1 aliphatic carbocycles. The van der Waals surface area contributed by atoms with Crippen molar-refractivity contribution in [3.63, 3.8) is 0 Å². The van der Waals surface area contributed by atoms with Crippen LogP contribution in [0.15, 0.2) is 18.3 Å². The molecule has 6 nitrogen and oxygen atoms in total. The number of nitrogens with zero attached hydrogens (tertiary/aromatic N) is 2. The van der Waals surface area contributed by atoms with Crippen molar-refractivity contribution in [2.45, 2.75) is 18.8 Å². The number of nitrogen functional groups attached to an aromatic ring is 1. The molecule has 0 aliphatic heterocycles. The van der Waals surface area contributed by atoms with Gasteiger partial charge in [-0.05, 0) is 25.0 Å². The lowest BCUT2D eigenvalue weighted by Crippen LogP contribution is -2.14. The second kappa shape index (κ2) is 4.34. The molecule has 1 fully saturated rings. The molecular formula is C12H12FN5O. The molecule has 2 aromatic heterocycles. The molecule has 3 rings (SSSR count). The van der Waals surface area contributed by atoms with Crippen LogP contribution in [0, 0.1) is 5.95 Å². The van der Waals surface area contributed by atoms with Crippen LogP contribution in [0.3, 0.4) is 0 Å². The normalized spacial score (nSPS) is 14.4. The number of pyridine rings is 1. The molecule has 1 amide bonds. The summed E-state index contributed by atoms with van der Waals surface area (Å²) >= 11 is 0. The zero-order chi connectivity index (χ0) is 13.4. The smallest absolute Gasteiger partial charge is 0.278 e. The maximum Gasteiger partial charge on any atom is 0.278 e. The van der Waals surface area contributed by atoms with Crippen LogP contribution in [0.25, 0.3) is 0 Å². The summed E-state index contributed by atoms with van der Waals surface area (Å²) in [6.45, 7) is 0. The van der Waals surface area contributed by atoms with Crippen LogP contribution in [0.2, 0.25) is 0 Å². The summed E-state index contributed by atoms with van der Waals surface area (Å²) in [4.78, 5) is 15.4. The first-order valence-corrected chi connectivity index (χ1v) is 5.92. The van der Waals surface area contributed by atoms with Gasteiger partial charge in [-0.15, -0.1) is 0 Å². The van der Waals surface area contributed by atoms with E-state index in [1.807, 2.05) is 0 Å². The fraction of sp³-hybridized carbons (Fsp3) is 0.250. The van der Waals surface area contributed by atoms with Crippen molar-refractivity contribution in [3.05, 3.63) is 35.7 Å². The molecule has 19 heavy (non-hydrogen) atoms. The summed E-state index contributed by atoms with van der Waals surface area (Å²) in [5.41, 5.74) is 7.65. The number of carbonyl (C=O) groups is 1. The highest BCUT2D eigenvalue weighted by molar-refractivity contribution is 6.06. The number of aromatic nitrogens is 3. The zero-order valence-corrected chi connectivity index (χ0v) is 9.98. The standard InChI is InChI=1S/C12H12FN5O/c13-8-4-3-7(5-15-8)16-12(19)11-9(14)10(17-18-11)6-1-2-6/h3-6H,1-2,14H2,(H,16,19)(H,17,18).